The van der Waals surface area contributed by atoms with Crippen LogP contribution in [0.4, 0.5) is 0 Å². The van der Waals surface area contributed by atoms with Gasteiger partial charge in [-0.25, -0.2) is 4.98 Å². The molecule has 3 heterocycles. The van der Waals surface area contributed by atoms with E-state index in [0.29, 0.717) is 6.04 Å². The van der Waals surface area contributed by atoms with E-state index in [0.717, 1.165) is 47.6 Å². The average molecular weight is 341 g/mol. The minimum Gasteiger partial charge on any atom is -0.336 e. The number of piperidine rings is 1. The largest absolute Gasteiger partial charge is 0.336 e. The second-order valence-electron chi connectivity index (χ2n) is 6.93. The summed E-state index contributed by atoms with van der Waals surface area (Å²) in [6.45, 7) is 7.80. The molecule has 0 radical (unpaired) electrons. The van der Waals surface area contributed by atoms with Gasteiger partial charge in [0.2, 0.25) is 0 Å². The maximum Gasteiger partial charge on any atom is 0.265 e. The zero-order valence-corrected chi connectivity index (χ0v) is 15.1. The lowest BCUT2D eigenvalue weighted by Gasteiger charge is -2.53. The number of rotatable bonds is 3. The molecule has 126 valence electrons. The third-order valence-electron chi connectivity index (χ3n) is 5.27. The van der Waals surface area contributed by atoms with Gasteiger partial charge in [-0.1, -0.05) is 30.3 Å². The van der Waals surface area contributed by atoms with E-state index >= 15 is 0 Å². The summed E-state index contributed by atoms with van der Waals surface area (Å²) in [4.78, 5) is 22.6. The van der Waals surface area contributed by atoms with Gasteiger partial charge < -0.3 is 4.90 Å². The second-order valence-corrected chi connectivity index (χ2v) is 8.13. The minimum absolute atomic E-state index is 0.170. The van der Waals surface area contributed by atoms with Crippen molar-refractivity contribution in [3.63, 3.8) is 0 Å². The van der Waals surface area contributed by atoms with E-state index in [2.05, 4.69) is 40.2 Å². The number of fused-ring (bicyclic) bond motifs is 1. The van der Waals surface area contributed by atoms with Crippen LogP contribution in [-0.2, 0) is 6.54 Å². The number of aryl methyl sites for hydroxylation is 2. The summed E-state index contributed by atoms with van der Waals surface area (Å²) in [6.07, 6.45) is 1.12. The summed E-state index contributed by atoms with van der Waals surface area (Å²) < 4.78 is 0. The zero-order chi connectivity index (χ0) is 16.7. The van der Waals surface area contributed by atoms with Crippen molar-refractivity contribution >= 4 is 17.2 Å². The predicted molar refractivity (Wildman–Crippen MR) is 96.2 cm³/mol. The van der Waals surface area contributed by atoms with Crippen molar-refractivity contribution < 1.29 is 4.79 Å². The number of hydrogen-bond donors (Lipinski definition) is 0. The first-order valence-corrected chi connectivity index (χ1v) is 9.45. The lowest BCUT2D eigenvalue weighted by molar-refractivity contribution is -0.0426. The topological polar surface area (TPSA) is 36.4 Å². The fraction of sp³-hybridized carbons (Fsp3) is 0.474. The van der Waals surface area contributed by atoms with Crippen LogP contribution < -0.4 is 0 Å². The van der Waals surface area contributed by atoms with Crippen LogP contribution in [-0.4, -0.2) is 46.4 Å². The van der Waals surface area contributed by atoms with Gasteiger partial charge in [0, 0.05) is 32.2 Å². The highest BCUT2D eigenvalue weighted by atomic mass is 32.1. The van der Waals surface area contributed by atoms with Crippen LogP contribution in [0.3, 0.4) is 0 Å². The smallest absolute Gasteiger partial charge is 0.265 e. The van der Waals surface area contributed by atoms with E-state index in [1.807, 2.05) is 18.7 Å². The fourth-order valence-corrected chi connectivity index (χ4v) is 4.85. The van der Waals surface area contributed by atoms with Gasteiger partial charge in [0.1, 0.15) is 4.88 Å². The minimum atomic E-state index is 0.170. The Hall–Kier alpha value is -1.72. The highest BCUT2D eigenvalue weighted by Crippen LogP contribution is 2.34. The van der Waals surface area contributed by atoms with Crippen molar-refractivity contribution in [1.82, 2.24) is 14.8 Å². The monoisotopic (exact) mass is 341 g/mol. The lowest BCUT2D eigenvalue weighted by atomic mass is 9.82. The number of hydrogen-bond acceptors (Lipinski definition) is 4. The van der Waals surface area contributed by atoms with Gasteiger partial charge in [0.05, 0.1) is 10.7 Å². The number of carbonyl (C=O) groups is 1. The number of nitrogens with zero attached hydrogens (tertiary/aromatic N) is 3. The Balaban J connectivity index is 1.43. The van der Waals surface area contributed by atoms with Crippen LogP contribution in [0.1, 0.15) is 32.4 Å². The van der Waals surface area contributed by atoms with Gasteiger partial charge in [0.25, 0.3) is 5.91 Å². The third-order valence-corrected chi connectivity index (χ3v) is 6.33. The van der Waals surface area contributed by atoms with E-state index in [-0.39, 0.29) is 5.91 Å². The van der Waals surface area contributed by atoms with Crippen LogP contribution in [0.15, 0.2) is 30.3 Å². The maximum atomic E-state index is 12.9. The van der Waals surface area contributed by atoms with Crippen molar-refractivity contribution in [2.45, 2.75) is 32.9 Å². The van der Waals surface area contributed by atoms with E-state index in [1.165, 1.54) is 23.4 Å². The van der Waals surface area contributed by atoms with E-state index in [4.69, 9.17) is 0 Å². The Labute approximate surface area is 147 Å². The number of likely N-dealkylation sites (tertiary alicyclic amines) is 2. The molecule has 1 aromatic carbocycles. The Morgan fingerprint density at radius 1 is 1.25 bits per heavy atom. The van der Waals surface area contributed by atoms with Crippen LogP contribution >= 0.6 is 11.3 Å². The van der Waals surface area contributed by atoms with Gasteiger partial charge >= 0.3 is 0 Å². The Morgan fingerprint density at radius 2 is 2.04 bits per heavy atom. The maximum absolute atomic E-state index is 12.9. The molecule has 0 saturated carbocycles. The molecule has 2 aliphatic heterocycles. The van der Waals surface area contributed by atoms with Gasteiger partial charge in [0.15, 0.2) is 0 Å². The molecule has 0 spiro atoms. The molecule has 2 fully saturated rings. The molecule has 2 saturated heterocycles. The van der Waals surface area contributed by atoms with E-state index in [1.54, 1.807) is 0 Å². The van der Waals surface area contributed by atoms with Crippen molar-refractivity contribution in [3.05, 3.63) is 51.5 Å². The molecule has 4 rings (SSSR count). The number of thiazole rings is 1. The summed E-state index contributed by atoms with van der Waals surface area (Å²) >= 11 is 1.52. The number of amides is 1. The van der Waals surface area contributed by atoms with E-state index < -0.39 is 0 Å². The van der Waals surface area contributed by atoms with Crippen molar-refractivity contribution in [1.29, 1.82) is 0 Å². The fourth-order valence-electron chi connectivity index (χ4n) is 3.96. The highest BCUT2D eigenvalue weighted by Gasteiger charge is 2.43. The highest BCUT2D eigenvalue weighted by molar-refractivity contribution is 7.13. The SMILES string of the molecule is Cc1nc(C)c(C(=O)N2CC[C@@H]3CN(Cc4ccccc4)[C@@H]3C2)s1. The van der Waals surface area contributed by atoms with Gasteiger partial charge in [-0.05, 0) is 31.7 Å². The number of carbonyl (C=O) groups excluding carboxylic acids is 1. The molecule has 0 aliphatic carbocycles. The molecule has 0 bridgehead atoms. The third kappa shape index (κ3) is 2.87. The first-order chi connectivity index (χ1) is 11.6. The number of benzene rings is 1. The zero-order valence-electron chi connectivity index (χ0n) is 14.2. The number of aromatic nitrogens is 1. The molecule has 2 aromatic rings. The summed E-state index contributed by atoms with van der Waals surface area (Å²) in [5, 5.41) is 0.972. The van der Waals surface area contributed by atoms with Crippen LogP contribution in [0.2, 0.25) is 0 Å². The average Bonchev–Trinajstić information content (AvgIpc) is 2.91. The lowest BCUT2D eigenvalue weighted by Crippen LogP contribution is -2.64. The summed E-state index contributed by atoms with van der Waals surface area (Å²) in [5.74, 6) is 0.921. The van der Waals surface area contributed by atoms with Crippen molar-refractivity contribution in [2.24, 2.45) is 5.92 Å². The first-order valence-electron chi connectivity index (χ1n) is 8.63. The molecule has 1 aromatic heterocycles. The normalized spacial score (nSPS) is 23.7. The molecule has 0 N–H and O–H groups in total. The molecule has 1 amide bonds. The quantitative estimate of drug-likeness (QED) is 0.861. The Morgan fingerprint density at radius 3 is 2.75 bits per heavy atom. The Kier molecular flexibility index (Phi) is 4.14. The summed E-state index contributed by atoms with van der Waals surface area (Å²) in [6, 6.07) is 11.1. The Bertz CT molecular complexity index is 742. The van der Waals surface area contributed by atoms with E-state index in [9.17, 15) is 4.79 Å². The summed E-state index contributed by atoms with van der Waals surface area (Å²) in [7, 11) is 0. The van der Waals surface area contributed by atoms with Crippen molar-refractivity contribution in [3.8, 4) is 0 Å². The molecule has 2 aliphatic rings. The van der Waals surface area contributed by atoms with Crippen LogP contribution in [0.25, 0.3) is 0 Å². The van der Waals surface area contributed by atoms with Crippen molar-refractivity contribution in [2.75, 3.05) is 19.6 Å². The van der Waals surface area contributed by atoms with Gasteiger partial charge in [-0.15, -0.1) is 11.3 Å². The standard InChI is InChI=1S/C19H23N3OS/c1-13-18(24-14(2)20-13)19(23)21-9-8-16-11-22(17(16)12-21)10-15-6-4-3-5-7-15/h3-7,16-17H,8-12H2,1-2H3/t16-,17-/m1/s1. The second kappa shape index (κ2) is 6.30. The molecular weight excluding hydrogens is 318 g/mol. The first kappa shape index (κ1) is 15.8. The molecule has 5 heteroatoms. The predicted octanol–water partition coefficient (Wildman–Crippen LogP) is 3.11. The van der Waals surface area contributed by atoms with Crippen LogP contribution in [0.5, 0.6) is 0 Å². The molecule has 24 heavy (non-hydrogen) atoms. The molecule has 0 unspecified atom stereocenters. The molecule has 4 nitrogen and oxygen atoms in total. The summed E-state index contributed by atoms with van der Waals surface area (Å²) in [5.41, 5.74) is 2.23. The van der Waals surface area contributed by atoms with Gasteiger partial charge in [-0.2, -0.15) is 0 Å². The van der Waals surface area contributed by atoms with Crippen LogP contribution in [0, 0.1) is 19.8 Å². The molecular formula is C19H23N3OS. The molecule has 2 atom stereocenters. The van der Waals surface area contributed by atoms with Gasteiger partial charge in [-0.3, -0.25) is 9.69 Å².